The minimum atomic E-state index is -0.380. The molecule has 3 aromatic rings. The Morgan fingerprint density at radius 3 is 2.81 bits per heavy atom. The predicted octanol–water partition coefficient (Wildman–Crippen LogP) is 6.98. The summed E-state index contributed by atoms with van der Waals surface area (Å²) in [4.78, 5) is 15.0. The Morgan fingerprint density at radius 1 is 1.28 bits per heavy atom. The van der Waals surface area contributed by atoms with Crippen LogP contribution in [0, 0.1) is 3.57 Å². The van der Waals surface area contributed by atoms with E-state index in [1.807, 2.05) is 18.2 Å². The van der Waals surface area contributed by atoms with Crippen molar-refractivity contribution in [3.63, 3.8) is 0 Å². The van der Waals surface area contributed by atoms with Gasteiger partial charge in [0.25, 0.3) is 0 Å². The molecule has 0 radical (unpaired) electrons. The maximum absolute atomic E-state index is 12.5. The number of nitrogens with zero attached hydrogens (tertiary/aromatic N) is 2. The third-order valence-electron chi connectivity index (χ3n) is 5.59. The van der Waals surface area contributed by atoms with Gasteiger partial charge in [0.15, 0.2) is 5.76 Å². The van der Waals surface area contributed by atoms with Crippen molar-refractivity contribution in [1.82, 2.24) is 5.43 Å². The number of anilines is 1. The molecule has 0 atom stereocenters. The number of hydrogen-bond donors (Lipinski definition) is 1. The lowest BCUT2D eigenvalue weighted by Gasteiger charge is -2.43. The number of hydrogen-bond acceptors (Lipinski definition) is 4. The van der Waals surface area contributed by atoms with E-state index in [1.54, 1.807) is 12.3 Å². The summed E-state index contributed by atoms with van der Waals surface area (Å²) in [6.45, 7) is 9.84. The number of halogens is 2. The summed E-state index contributed by atoms with van der Waals surface area (Å²) in [5.41, 5.74) is 7.86. The first-order valence-corrected chi connectivity index (χ1v) is 12.4. The molecule has 0 aliphatic carbocycles. The van der Waals surface area contributed by atoms with E-state index in [2.05, 4.69) is 99.9 Å². The number of hydrazone groups is 1. The Kier molecular flexibility index (Phi) is 6.49. The van der Waals surface area contributed by atoms with Crippen LogP contribution in [0.1, 0.15) is 55.8 Å². The molecule has 2 aromatic carbocycles. The monoisotopic (exact) mass is 605 g/mol. The molecule has 0 spiro atoms. The molecule has 1 aliphatic rings. The number of carbonyl (C=O) groups excluding carboxylic acids is 1. The highest BCUT2D eigenvalue weighted by Gasteiger charge is 2.30. The van der Waals surface area contributed by atoms with Crippen molar-refractivity contribution in [3.05, 3.63) is 67.4 Å². The first kappa shape index (κ1) is 23.0. The number of furan rings is 1. The molecule has 1 amide bonds. The van der Waals surface area contributed by atoms with Gasteiger partial charge in [-0.2, -0.15) is 5.10 Å². The standard InChI is InChI=1S/C25H25BrIN3O2/c1-5-8-30-21-7-6-16(9-19(21)15(2)13-25(30,3)4)14-28-29-24(31)22-11-17-10-18(26)12-20(27)23(17)32-22/h6-7,9-14H,5,8H2,1-4H3,(H,29,31)/b28-14-. The molecule has 7 heteroatoms. The summed E-state index contributed by atoms with van der Waals surface area (Å²) in [6.07, 6.45) is 5.07. The summed E-state index contributed by atoms with van der Waals surface area (Å²) in [6, 6.07) is 11.9. The van der Waals surface area contributed by atoms with Crippen molar-refractivity contribution < 1.29 is 9.21 Å². The van der Waals surface area contributed by atoms with Gasteiger partial charge in [-0.05, 0) is 91.3 Å². The molecule has 0 unspecified atom stereocenters. The average molecular weight is 606 g/mol. The molecule has 1 aliphatic heterocycles. The van der Waals surface area contributed by atoms with E-state index in [4.69, 9.17) is 4.42 Å². The first-order valence-electron chi connectivity index (χ1n) is 10.5. The second kappa shape index (κ2) is 9.02. The molecule has 0 fully saturated rings. The topological polar surface area (TPSA) is 57.8 Å². The normalized spacial score (nSPS) is 15.2. The second-order valence-electron chi connectivity index (χ2n) is 8.52. The molecule has 5 nitrogen and oxygen atoms in total. The van der Waals surface area contributed by atoms with E-state index in [1.165, 1.54) is 16.8 Å². The van der Waals surface area contributed by atoms with Crippen LogP contribution in [0.3, 0.4) is 0 Å². The van der Waals surface area contributed by atoms with E-state index >= 15 is 0 Å². The highest BCUT2D eigenvalue weighted by atomic mass is 127. The number of fused-ring (bicyclic) bond motifs is 2. The zero-order valence-corrected chi connectivity index (χ0v) is 22.2. The largest absolute Gasteiger partial charge is 0.450 e. The SMILES string of the molecule is CCCN1c2ccc(/C=N\NC(=O)c3cc4cc(Br)cc(I)c4o3)cc2C(C)=CC1(C)C. The van der Waals surface area contributed by atoms with E-state index < -0.39 is 0 Å². The van der Waals surface area contributed by atoms with Gasteiger partial charge in [-0.3, -0.25) is 4.79 Å². The van der Waals surface area contributed by atoms with Gasteiger partial charge in [-0.15, -0.1) is 0 Å². The van der Waals surface area contributed by atoms with Crippen LogP contribution >= 0.6 is 38.5 Å². The molecule has 4 rings (SSSR count). The predicted molar refractivity (Wildman–Crippen MR) is 144 cm³/mol. The van der Waals surface area contributed by atoms with E-state index in [-0.39, 0.29) is 17.2 Å². The van der Waals surface area contributed by atoms with Crippen molar-refractivity contribution in [3.8, 4) is 0 Å². The van der Waals surface area contributed by atoms with Gasteiger partial charge in [-0.1, -0.05) is 35.0 Å². The highest BCUT2D eigenvalue weighted by molar-refractivity contribution is 14.1. The molecular formula is C25H25BrIN3O2. The number of rotatable bonds is 5. The fourth-order valence-electron chi connectivity index (χ4n) is 4.22. The molecule has 1 N–H and O–H groups in total. The van der Waals surface area contributed by atoms with Crippen molar-refractivity contribution >= 4 is 72.9 Å². The lowest BCUT2D eigenvalue weighted by Crippen LogP contribution is -2.45. The summed E-state index contributed by atoms with van der Waals surface area (Å²) >= 11 is 5.66. The zero-order chi connectivity index (χ0) is 23.0. The fourth-order valence-corrected chi connectivity index (χ4v) is 5.88. The minimum absolute atomic E-state index is 0.0172. The lowest BCUT2D eigenvalue weighted by molar-refractivity contribution is 0.0929. The Morgan fingerprint density at radius 2 is 2.06 bits per heavy atom. The second-order valence-corrected chi connectivity index (χ2v) is 10.6. The highest BCUT2D eigenvalue weighted by Crippen LogP contribution is 2.39. The van der Waals surface area contributed by atoms with Crippen LogP contribution in [0.4, 0.5) is 5.69 Å². The van der Waals surface area contributed by atoms with Gasteiger partial charge in [0.1, 0.15) is 5.58 Å². The Bertz CT molecular complexity index is 1260. The zero-order valence-electron chi connectivity index (χ0n) is 18.5. The molecule has 0 bridgehead atoms. The van der Waals surface area contributed by atoms with Gasteiger partial charge >= 0.3 is 5.91 Å². The molecule has 32 heavy (non-hydrogen) atoms. The number of allylic oxidation sites excluding steroid dienone is 1. The smallest absolute Gasteiger partial charge is 0.307 e. The number of carbonyl (C=O) groups is 1. The number of amides is 1. The van der Waals surface area contributed by atoms with Crippen LogP contribution in [-0.2, 0) is 0 Å². The number of nitrogens with one attached hydrogen (secondary N) is 1. The van der Waals surface area contributed by atoms with Crippen molar-refractivity contribution in [2.45, 2.75) is 39.7 Å². The van der Waals surface area contributed by atoms with Gasteiger partial charge in [-0.25, -0.2) is 5.43 Å². The van der Waals surface area contributed by atoms with Gasteiger partial charge in [0.2, 0.25) is 0 Å². The molecule has 1 aromatic heterocycles. The van der Waals surface area contributed by atoms with Crippen molar-refractivity contribution in [1.29, 1.82) is 0 Å². The molecule has 0 saturated heterocycles. The molecule has 2 heterocycles. The maximum Gasteiger partial charge on any atom is 0.307 e. The Balaban J connectivity index is 1.53. The van der Waals surface area contributed by atoms with Crippen LogP contribution in [-0.4, -0.2) is 24.2 Å². The average Bonchev–Trinajstić information content (AvgIpc) is 3.15. The quantitative estimate of drug-likeness (QED) is 0.194. The van der Waals surface area contributed by atoms with Crippen LogP contribution in [0.25, 0.3) is 16.5 Å². The molecular weight excluding hydrogens is 581 g/mol. The minimum Gasteiger partial charge on any atom is -0.450 e. The van der Waals surface area contributed by atoms with E-state index in [9.17, 15) is 4.79 Å². The van der Waals surface area contributed by atoms with Crippen LogP contribution in [0.2, 0.25) is 0 Å². The Labute approximate surface area is 210 Å². The third kappa shape index (κ3) is 4.50. The summed E-state index contributed by atoms with van der Waals surface area (Å²) in [5.74, 6) is -0.149. The summed E-state index contributed by atoms with van der Waals surface area (Å²) in [7, 11) is 0. The molecule has 166 valence electrons. The lowest BCUT2D eigenvalue weighted by atomic mass is 9.88. The van der Waals surface area contributed by atoms with Gasteiger partial charge in [0, 0.05) is 27.7 Å². The van der Waals surface area contributed by atoms with Crippen molar-refractivity contribution in [2.75, 3.05) is 11.4 Å². The Hall–Kier alpha value is -2.13. The van der Waals surface area contributed by atoms with Crippen LogP contribution < -0.4 is 10.3 Å². The molecule has 0 saturated carbocycles. The van der Waals surface area contributed by atoms with Gasteiger partial charge in [0.05, 0.1) is 15.3 Å². The third-order valence-corrected chi connectivity index (χ3v) is 6.85. The van der Waals surface area contributed by atoms with Crippen molar-refractivity contribution in [2.24, 2.45) is 5.10 Å². The van der Waals surface area contributed by atoms with Crippen LogP contribution in [0.5, 0.6) is 0 Å². The van der Waals surface area contributed by atoms with Crippen LogP contribution in [0.15, 0.2) is 56.5 Å². The summed E-state index contributed by atoms with van der Waals surface area (Å²) in [5, 5.41) is 5.03. The van der Waals surface area contributed by atoms with E-state index in [0.717, 1.165) is 32.0 Å². The van der Waals surface area contributed by atoms with Gasteiger partial charge < -0.3 is 9.32 Å². The first-order chi connectivity index (χ1) is 15.2. The summed E-state index contributed by atoms with van der Waals surface area (Å²) < 4.78 is 7.61. The maximum atomic E-state index is 12.5. The number of benzene rings is 2. The van der Waals surface area contributed by atoms with E-state index in [0.29, 0.717) is 5.58 Å². The fraction of sp³-hybridized carbons (Fsp3) is 0.280.